The molecular formula is C11H25NS. The lowest BCUT2D eigenvalue weighted by Crippen LogP contribution is -2.33. The first-order valence-electron chi connectivity index (χ1n) is 5.17. The highest BCUT2D eigenvalue weighted by atomic mass is 32.1. The molecule has 0 aromatic rings. The maximum Gasteiger partial charge on any atom is 0.00374 e. The molecule has 0 saturated heterocycles. The lowest BCUT2D eigenvalue weighted by molar-refractivity contribution is 0.222. The summed E-state index contributed by atoms with van der Waals surface area (Å²) in [6.07, 6.45) is 1.29. The SMILES string of the molecule is CC(C)CCN(C)CC(C)(C)CS. The van der Waals surface area contributed by atoms with Gasteiger partial charge in [-0.2, -0.15) is 12.6 Å². The molecule has 0 aliphatic rings. The topological polar surface area (TPSA) is 3.24 Å². The van der Waals surface area contributed by atoms with E-state index in [1.807, 2.05) is 0 Å². The largest absolute Gasteiger partial charge is 0.306 e. The van der Waals surface area contributed by atoms with E-state index in [-0.39, 0.29) is 0 Å². The fraction of sp³-hybridized carbons (Fsp3) is 1.00. The van der Waals surface area contributed by atoms with Crippen LogP contribution in [0.4, 0.5) is 0 Å². The van der Waals surface area contributed by atoms with Crippen LogP contribution in [0, 0.1) is 11.3 Å². The fourth-order valence-corrected chi connectivity index (χ4v) is 1.44. The lowest BCUT2D eigenvalue weighted by Gasteiger charge is -2.29. The molecule has 0 saturated carbocycles. The number of hydrogen-bond acceptors (Lipinski definition) is 2. The molecule has 0 radical (unpaired) electrons. The fourth-order valence-electron chi connectivity index (χ4n) is 1.34. The summed E-state index contributed by atoms with van der Waals surface area (Å²) < 4.78 is 0. The van der Waals surface area contributed by atoms with Crippen LogP contribution in [0.5, 0.6) is 0 Å². The van der Waals surface area contributed by atoms with Crippen molar-refractivity contribution in [1.29, 1.82) is 0 Å². The number of nitrogens with zero attached hydrogens (tertiary/aromatic N) is 1. The molecule has 0 N–H and O–H groups in total. The van der Waals surface area contributed by atoms with Crippen molar-refractivity contribution in [2.24, 2.45) is 11.3 Å². The van der Waals surface area contributed by atoms with Crippen LogP contribution < -0.4 is 0 Å². The van der Waals surface area contributed by atoms with Gasteiger partial charge in [0.25, 0.3) is 0 Å². The van der Waals surface area contributed by atoms with Crippen LogP contribution >= 0.6 is 12.6 Å². The van der Waals surface area contributed by atoms with Gasteiger partial charge in [0.15, 0.2) is 0 Å². The third-order valence-corrected chi connectivity index (χ3v) is 3.07. The summed E-state index contributed by atoms with van der Waals surface area (Å²) in [4.78, 5) is 2.41. The predicted octanol–water partition coefficient (Wildman–Crippen LogP) is 2.92. The van der Waals surface area contributed by atoms with Crippen LogP contribution in [0.1, 0.15) is 34.1 Å². The van der Waals surface area contributed by atoms with E-state index in [2.05, 4.69) is 52.3 Å². The van der Waals surface area contributed by atoms with Crippen LogP contribution in [0.2, 0.25) is 0 Å². The maximum atomic E-state index is 4.36. The van der Waals surface area contributed by atoms with Gasteiger partial charge >= 0.3 is 0 Å². The summed E-state index contributed by atoms with van der Waals surface area (Å²) in [6.45, 7) is 11.4. The molecule has 0 atom stereocenters. The summed E-state index contributed by atoms with van der Waals surface area (Å²) in [5.74, 6) is 1.76. The highest BCUT2D eigenvalue weighted by molar-refractivity contribution is 7.80. The molecule has 80 valence electrons. The number of rotatable bonds is 6. The smallest absolute Gasteiger partial charge is 0.00374 e. The molecule has 1 nitrogen and oxygen atoms in total. The molecule has 0 aromatic carbocycles. The van der Waals surface area contributed by atoms with E-state index in [0.717, 1.165) is 18.2 Å². The minimum atomic E-state index is 0.342. The number of hydrogen-bond donors (Lipinski definition) is 1. The first-order valence-corrected chi connectivity index (χ1v) is 5.80. The molecule has 2 heteroatoms. The first kappa shape index (κ1) is 13.3. The second-order valence-corrected chi connectivity index (χ2v) is 5.56. The van der Waals surface area contributed by atoms with Crippen molar-refractivity contribution in [3.05, 3.63) is 0 Å². The summed E-state index contributed by atoms with van der Waals surface area (Å²) in [7, 11) is 2.20. The average molecular weight is 203 g/mol. The van der Waals surface area contributed by atoms with Crippen molar-refractivity contribution in [3.8, 4) is 0 Å². The van der Waals surface area contributed by atoms with E-state index in [4.69, 9.17) is 0 Å². The molecule has 0 bridgehead atoms. The highest BCUT2D eigenvalue weighted by Gasteiger charge is 2.17. The monoisotopic (exact) mass is 203 g/mol. The van der Waals surface area contributed by atoms with Gasteiger partial charge < -0.3 is 4.90 Å². The van der Waals surface area contributed by atoms with Crippen molar-refractivity contribution in [1.82, 2.24) is 4.90 Å². The van der Waals surface area contributed by atoms with Crippen LogP contribution in [0.25, 0.3) is 0 Å². The third-order valence-electron chi connectivity index (χ3n) is 2.21. The zero-order valence-electron chi connectivity index (χ0n) is 9.80. The lowest BCUT2D eigenvalue weighted by atomic mass is 9.95. The first-order chi connectivity index (χ1) is 5.87. The molecule has 0 rings (SSSR count). The molecular weight excluding hydrogens is 178 g/mol. The Bertz CT molecular complexity index is 132. The van der Waals surface area contributed by atoms with Gasteiger partial charge in [0.05, 0.1) is 0 Å². The van der Waals surface area contributed by atoms with Gasteiger partial charge in [0, 0.05) is 6.54 Å². The summed E-state index contributed by atoms with van der Waals surface area (Å²) in [5, 5.41) is 0. The third kappa shape index (κ3) is 7.39. The van der Waals surface area contributed by atoms with Crippen molar-refractivity contribution in [2.75, 3.05) is 25.9 Å². The van der Waals surface area contributed by atoms with Gasteiger partial charge in [-0.15, -0.1) is 0 Å². The van der Waals surface area contributed by atoms with Gasteiger partial charge in [0.2, 0.25) is 0 Å². The Morgan fingerprint density at radius 2 is 1.85 bits per heavy atom. The van der Waals surface area contributed by atoms with Crippen LogP contribution in [-0.2, 0) is 0 Å². The molecule has 0 amide bonds. The van der Waals surface area contributed by atoms with E-state index >= 15 is 0 Å². The van der Waals surface area contributed by atoms with Gasteiger partial charge in [-0.3, -0.25) is 0 Å². The molecule has 0 aliphatic carbocycles. The maximum absolute atomic E-state index is 4.36. The van der Waals surface area contributed by atoms with E-state index in [1.165, 1.54) is 13.0 Å². The predicted molar refractivity (Wildman–Crippen MR) is 64.6 cm³/mol. The van der Waals surface area contributed by atoms with Crippen LogP contribution in [0.15, 0.2) is 0 Å². The van der Waals surface area contributed by atoms with E-state index in [1.54, 1.807) is 0 Å². The Balaban J connectivity index is 3.67. The van der Waals surface area contributed by atoms with Gasteiger partial charge in [-0.05, 0) is 37.1 Å². The van der Waals surface area contributed by atoms with Gasteiger partial charge in [0.1, 0.15) is 0 Å². The van der Waals surface area contributed by atoms with E-state index in [9.17, 15) is 0 Å². The van der Waals surface area contributed by atoms with Crippen LogP contribution in [-0.4, -0.2) is 30.8 Å². The second-order valence-electron chi connectivity index (χ2n) is 5.24. The second kappa shape index (κ2) is 5.92. The minimum Gasteiger partial charge on any atom is -0.306 e. The van der Waals surface area contributed by atoms with Gasteiger partial charge in [-0.25, -0.2) is 0 Å². The normalized spacial score (nSPS) is 12.9. The molecule has 0 heterocycles. The van der Waals surface area contributed by atoms with Gasteiger partial charge in [-0.1, -0.05) is 27.7 Å². The van der Waals surface area contributed by atoms with Crippen molar-refractivity contribution < 1.29 is 0 Å². The Labute approximate surface area is 89.3 Å². The summed E-state index contributed by atoms with van der Waals surface area (Å²) in [6, 6.07) is 0. The quantitative estimate of drug-likeness (QED) is 0.650. The van der Waals surface area contributed by atoms with Crippen LogP contribution in [0.3, 0.4) is 0 Å². The Hall–Kier alpha value is 0.310. The van der Waals surface area contributed by atoms with Crippen molar-refractivity contribution in [2.45, 2.75) is 34.1 Å². The molecule has 0 aliphatic heterocycles. The molecule has 0 fully saturated rings. The highest BCUT2D eigenvalue weighted by Crippen LogP contribution is 2.18. The average Bonchev–Trinajstić information content (AvgIpc) is 2.00. The van der Waals surface area contributed by atoms with E-state index < -0.39 is 0 Å². The summed E-state index contributed by atoms with van der Waals surface area (Å²) >= 11 is 4.36. The van der Waals surface area contributed by atoms with Crippen molar-refractivity contribution in [3.63, 3.8) is 0 Å². The molecule has 13 heavy (non-hydrogen) atoms. The van der Waals surface area contributed by atoms with Crippen molar-refractivity contribution >= 4 is 12.6 Å². The van der Waals surface area contributed by atoms with E-state index in [0.29, 0.717) is 5.41 Å². The standard InChI is InChI=1S/C11H25NS/c1-10(2)6-7-12(5)8-11(3,4)9-13/h10,13H,6-9H2,1-5H3. The Kier molecular flexibility index (Phi) is 6.06. The Morgan fingerprint density at radius 3 is 2.23 bits per heavy atom. The zero-order chi connectivity index (χ0) is 10.5. The minimum absolute atomic E-state index is 0.342. The molecule has 0 spiro atoms. The number of thiol groups is 1. The summed E-state index contributed by atoms with van der Waals surface area (Å²) in [5.41, 5.74) is 0.342. The molecule has 0 unspecified atom stereocenters. The Morgan fingerprint density at radius 1 is 1.31 bits per heavy atom. The zero-order valence-corrected chi connectivity index (χ0v) is 10.7. The molecule has 0 aromatic heterocycles.